The Morgan fingerprint density at radius 3 is 3.05 bits per heavy atom. The molecule has 0 aliphatic heterocycles. The van der Waals surface area contributed by atoms with Gasteiger partial charge < -0.3 is 0 Å². The van der Waals surface area contributed by atoms with E-state index < -0.39 is 5.82 Å². The summed E-state index contributed by atoms with van der Waals surface area (Å²) < 4.78 is 14.7. The average Bonchev–Trinajstić information content (AvgIpc) is 2.91. The summed E-state index contributed by atoms with van der Waals surface area (Å²) in [6.45, 7) is 0. The zero-order valence-electron chi connectivity index (χ0n) is 10.3. The molecule has 0 N–H and O–H groups in total. The number of carbonyl (C=O) groups is 1. The lowest BCUT2D eigenvalue weighted by Gasteiger charge is -2.04. The van der Waals surface area contributed by atoms with Crippen molar-refractivity contribution in [2.45, 2.75) is 6.42 Å². The van der Waals surface area contributed by atoms with Crippen LogP contribution in [0.5, 0.6) is 0 Å². The average molecular weight is 306 g/mol. The third kappa shape index (κ3) is 2.44. The van der Waals surface area contributed by atoms with Crippen LogP contribution in [-0.4, -0.2) is 10.8 Å². The molecule has 3 rings (SSSR count). The topological polar surface area (TPSA) is 30.0 Å². The molecule has 0 radical (unpaired) electrons. The monoisotopic (exact) mass is 305 g/mol. The number of rotatable bonds is 3. The summed E-state index contributed by atoms with van der Waals surface area (Å²) in [7, 11) is 0. The molecule has 5 heteroatoms. The zero-order valence-corrected chi connectivity index (χ0v) is 11.8. The fourth-order valence-corrected chi connectivity index (χ4v) is 2.93. The Morgan fingerprint density at radius 1 is 1.35 bits per heavy atom. The second-order valence-corrected chi connectivity index (χ2v) is 5.70. The van der Waals surface area contributed by atoms with Crippen LogP contribution < -0.4 is 0 Å². The Morgan fingerprint density at radius 2 is 2.20 bits per heavy atom. The van der Waals surface area contributed by atoms with E-state index >= 15 is 0 Å². The number of hydrogen-bond donors (Lipinski definition) is 0. The second-order valence-electron chi connectivity index (χ2n) is 4.34. The predicted molar refractivity (Wildman–Crippen MR) is 79.1 cm³/mol. The Balaban J connectivity index is 1.90. The minimum Gasteiger partial charge on any atom is -0.294 e. The number of ketones is 1. The largest absolute Gasteiger partial charge is 0.294 e. The molecule has 2 nitrogen and oxygen atoms in total. The van der Waals surface area contributed by atoms with Crippen LogP contribution in [-0.2, 0) is 6.42 Å². The zero-order chi connectivity index (χ0) is 14.1. The number of carbonyl (C=O) groups excluding carboxylic acids is 1. The van der Waals surface area contributed by atoms with Gasteiger partial charge in [-0.25, -0.2) is 4.39 Å². The Bertz CT molecular complexity index is 799. The molecule has 0 fully saturated rings. The molecule has 2 aromatic heterocycles. The number of fused-ring (bicyclic) bond motifs is 1. The maximum atomic E-state index is 13.8. The van der Waals surface area contributed by atoms with Gasteiger partial charge in [-0.05, 0) is 29.1 Å². The lowest BCUT2D eigenvalue weighted by Crippen LogP contribution is -2.05. The molecule has 0 aliphatic rings. The molecule has 0 saturated heterocycles. The van der Waals surface area contributed by atoms with E-state index in [9.17, 15) is 9.18 Å². The van der Waals surface area contributed by atoms with Crippen molar-refractivity contribution < 1.29 is 9.18 Å². The van der Waals surface area contributed by atoms with Crippen molar-refractivity contribution in [1.29, 1.82) is 0 Å². The van der Waals surface area contributed by atoms with E-state index in [1.807, 2.05) is 11.4 Å². The molecule has 0 bridgehead atoms. The van der Waals surface area contributed by atoms with E-state index in [0.29, 0.717) is 11.1 Å². The van der Waals surface area contributed by atoms with E-state index in [1.54, 1.807) is 18.2 Å². The first-order valence-electron chi connectivity index (χ1n) is 5.94. The van der Waals surface area contributed by atoms with Crippen molar-refractivity contribution in [3.05, 3.63) is 63.9 Å². The van der Waals surface area contributed by atoms with Crippen molar-refractivity contribution in [3.63, 3.8) is 0 Å². The maximum Gasteiger partial charge on any atom is 0.168 e. The number of hydrogen-bond acceptors (Lipinski definition) is 3. The highest BCUT2D eigenvalue weighted by atomic mass is 35.5. The standard InChI is InChI=1S/C15H9ClFNOS/c16-11-3-1-2-9(15(11)17)6-13(19)10-7-14-12(18-8-10)4-5-20-14/h1-5,7-8H,6H2. The highest BCUT2D eigenvalue weighted by Crippen LogP contribution is 2.22. The first kappa shape index (κ1) is 13.2. The van der Waals surface area contributed by atoms with E-state index in [-0.39, 0.29) is 17.2 Å². The van der Waals surface area contributed by atoms with Crippen molar-refractivity contribution in [1.82, 2.24) is 4.98 Å². The maximum absolute atomic E-state index is 13.8. The highest BCUT2D eigenvalue weighted by molar-refractivity contribution is 7.17. The second kappa shape index (κ2) is 5.31. The van der Waals surface area contributed by atoms with Gasteiger partial charge in [-0.3, -0.25) is 9.78 Å². The number of Topliss-reactive ketones (excluding diaryl/α,β-unsaturated/α-hetero) is 1. The Hall–Kier alpha value is -1.78. The summed E-state index contributed by atoms with van der Waals surface area (Å²) >= 11 is 7.23. The predicted octanol–water partition coefficient (Wildman–Crippen LogP) is 4.51. The number of halogens is 2. The normalized spacial score (nSPS) is 10.9. The van der Waals surface area contributed by atoms with Crippen LogP contribution >= 0.6 is 22.9 Å². The van der Waals surface area contributed by atoms with Gasteiger partial charge in [0.1, 0.15) is 5.82 Å². The molecule has 2 heterocycles. The molecule has 0 aliphatic carbocycles. The molecule has 3 aromatic rings. The SMILES string of the molecule is O=C(Cc1cccc(Cl)c1F)c1cnc2ccsc2c1. The number of thiophene rings is 1. The van der Waals surface area contributed by atoms with Crippen LogP contribution in [0.4, 0.5) is 4.39 Å². The van der Waals surface area contributed by atoms with Crippen molar-refractivity contribution in [2.75, 3.05) is 0 Å². The summed E-state index contributed by atoms with van der Waals surface area (Å²) in [5, 5.41) is 1.95. The van der Waals surface area contributed by atoms with Crippen LogP contribution in [0, 0.1) is 5.82 Å². The van der Waals surface area contributed by atoms with E-state index in [1.165, 1.54) is 23.6 Å². The van der Waals surface area contributed by atoms with Gasteiger partial charge in [-0.15, -0.1) is 11.3 Å². The van der Waals surface area contributed by atoms with Crippen LogP contribution in [0.25, 0.3) is 10.2 Å². The quantitative estimate of drug-likeness (QED) is 0.666. The van der Waals surface area contributed by atoms with Gasteiger partial charge in [0, 0.05) is 18.2 Å². The summed E-state index contributed by atoms with van der Waals surface area (Å²) in [5.41, 5.74) is 1.65. The molecule has 0 unspecified atom stereocenters. The highest BCUT2D eigenvalue weighted by Gasteiger charge is 2.13. The van der Waals surface area contributed by atoms with Crippen LogP contribution in [0.1, 0.15) is 15.9 Å². The number of benzene rings is 1. The molecule has 100 valence electrons. The molecule has 0 atom stereocenters. The fraction of sp³-hybridized carbons (Fsp3) is 0.0667. The first-order valence-corrected chi connectivity index (χ1v) is 7.20. The minimum atomic E-state index is -0.535. The molecule has 0 spiro atoms. The van der Waals surface area contributed by atoms with Gasteiger partial charge in [-0.2, -0.15) is 0 Å². The third-order valence-electron chi connectivity index (χ3n) is 3.01. The minimum absolute atomic E-state index is 0.0229. The van der Waals surface area contributed by atoms with Crippen LogP contribution in [0.2, 0.25) is 5.02 Å². The van der Waals surface area contributed by atoms with Crippen LogP contribution in [0.15, 0.2) is 41.9 Å². The van der Waals surface area contributed by atoms with E-state index in [2.05, 4.69) is 4.98 Å². The van der Waals surface area contributed by atoms with Crippen molar-refractivity contribution in [3.8, 4) is 0 Å². The van der Waals surface area contributed by atoms with Gasteiger partial charge in [0.05, 0.1) is 15.2 Å². The fourth-order valence-electron chi connectivity index (χ4n) is 1.96. The lowest BCUT2D eigenvalue weighted by molar-refractivity contribution is 0.0991. The Labute approximate surface area is 123 Å². The molecular formula is C15H9ClFNOS. The number of nitrogens with zero attached hydrogens (tertiary/aromatic N) is 1. The lowest BCUT2D eigenvalue weighted by atomic mass is 10.0. The summed E-state index contributed by atoms with van der Waals surface area (Å²) in [6.07, 6.45) is 1.50. The molecule has 0 amide bonds. The summed E-state index contributed by atoms with van der Waals surface area (Å²) in [5.74, 6) is -0.707. The van der Waals surface area contributed by atoms with Crippen molar-refractivity contribution in [2.24, 2.45) is 0 Å². The Kier molecular flexibility index (Phi) is 3.51. The number of pyridine rings is 1. The molecular weight excluding hydrogens is 297 g/mol. The summed E-state index contributed by atoms with van der Waals surface area (Å²) in [6, 6.07) is 8.35. The molecule has 20 heavy (non-hydrogen) atoms. The molecule has 0 saturated carbocycles. The van der Waals surface area contributed by atoms with Gasteiger partial charge in [0.2, 0.25) is 0 Å². The van der Waals surface area contributed by atoms with Gasteiger partial charge in [-0.1, -0.05) is 23.7 Å². The van der Waals surface area contributed by atoms with Crippen LogP contribution in [0.3, 0.4) is 0 Å². The molecule has 1 aromatic carbocycles. The third-order valence-corrected chi connectivity index (χ3v) is 4.15. The number of aromatic nitrogens is 1. The summed E-state index contributed by atoms with van der Waals surface area (Å²) in [4.78, 5) is 16.4. The van der Waals surface area contributed by atoms with E-state index in [0.717, 1.165) is 10.2 Å². The smallest absolute Gasteiger partial charge is 0.168 e. The van der Waals surface area contributed by atoms with Crippen molar-refractivity contribution >= 4 is 38.9 Å². The van der Waals surface area contributed by atoms with Gasteiger partial charge in [0.15, 0.2) is 5.78 Å². The van der Waals surface area contributed by atoms with Gasteiger partial charge >= 0.3 is 0 Å². The first-order chi connectivity index (χ1) is 9.65. The van der Waals surface area contributed by atoms with E-state index in [4.69, 9.17) is 11.6 Å². The van der Waals surface area contributed by atoms with Gasteiger partial charge in [0.25, 0.3) is 0 Å².